The standard InChI is InChI=1S/C20H12ClN3/c21-14-10-11-17-18(12-14)24-20(22-17)16-9-5-4-8-15(16)19(23-24)13-6-2-1-3-7-13/h1-12H/p+1. The SMILES string of the molecule is Clc1ccc2[nH+]c3c4ccccc4c(-c4ccccc4)nn3c2c1. The summed E-state index contributed by atoms with van der Waals surface area (Å²) in [5.41, 5.74) is 5.02. The van der Waals surface area contributed by atoms with E-state index in [2.05, 4.69) is 35.3 Å². The van der Waals surface area contributed by atoms with Gasteiger partial charge < -0.3 is 0 Å². The number of halogens is 1. The van der Waals surface area contributed by atoms with Gasteiger partial charge in [0.1, 0.15) is 5.69 Å². The Morgan fingerprint density at radius 3 is 2.42 bits per heavy atom. The molecular formula is C20H13ClN3+. The Kier molecular flexibility index (Phi) is 2.84. The average Bonchev–Trinajstić information content (AvgIpc) is 3.00. The molecule has 4 heteroatoms. The van der Waals surface area contributed by atoms with Gasteiger partial charge in [-0.2, -0.15) is 0 Å². The molecule has 2 aromatic heterocycles. The van der Waals surface area contributed by atoms with Crippen LogP contribution in [-0.2, 0) is 0 Å². The van der Waals surface area contributed by atoms with Crippen LogP contribution in [-0.4, -0.2) is 9.61 Å². The zero-order chi connectivity index (χ0) is 16.1. The molecule has 0 saturated heterocycles. The van der Waals surface area contributed by atoms with E-state index in [9.17, 15) is 0 Å². The van der Waals surface area contributed by atoms with Gasteiger partial charge in [0.05, 0.1) is 5.39 Å². The van der Waals surface area contributed by atoms with Crippen LogP contribution in [0.15, 0.2) is 72.8 Å². The lowest BCUT2D eigenvalue weighted by molar-refractivity contribution is -0.310. The van der Waals surface area contributed by atoms with Crippen LogP contribution in [0.4, 0.5) is 0 Å². The van der Waals surface area contributed by atoms with Crippen molar-refractivity contribution in [3.8, 4) is 11.3 Å². The van der Waals surface area contributed by atoms with Crippen molar-refractivity contribution in [2.24, 2.45) is 0 Å². The van der Waals surface area contributed by atoms with Gasteiger partial charge in [0, 0.05) is 22.0 Å². The normalized spacial score (nSPS) is 11.5. The number of H-pyrrole nitrogens is 1. The van der Waals surface area contributed by atoms with E-state index in [0.717, 1.165) is 38.7 Å². The van der Waals surface area contributed by atoms with Crippen LogP contribution in [0.1, 0.15) is 0 Å². The van der Waals surface area contributed by atoms with Crippen molar-refractivity contribution in [3.05, 3.63) is 77.8 Å². The van der Waals surface area contributed by atoms with Gasteiger partial charge in [-0.3, -0.25) is 0 Å². The summed E-state index contributed by atoms with van der Waals surface area (Å²) >= 11 is 6.20. The highest BCUT2D eigenvalue weighted by Gasteiger charge is 2.20. The molecule has 114 valence electrons. The fourth-order valence-corrected chi connectivity index (χ4v) is 3.40. The number of benzene rings is 3. The first-order valence-electron chi connectivity index (χ1n) is 7.79. The number of aromatic nitrogens is 3. The lowest BCUT2D eigenvalue weighted by Crippen LogP contribution is -2.03. The number of rotatable bonds is 1. The van der Waals surface area contributed by atoms with Gasteiger partial charge in [0.2, 0.25) is 5.52 Å². The average molecular weight is 331 g/mol. The Morgan fingerprint density at radius 2 is 1.58 bits per heavy atom. The zero-order valence-electron chi connectivity index (χ0n) is 12.7. The number of fused-ring (bicyclic) bond motifs is 5. The molecule has 2 heterocycles. The summed E-state index contributed by atoms with van der Waals surface area (Å²) in [6.45, 7) is 0. The van der Waals surface area contributed by atoms with Crippen LogP contribution < -0.4 is 4.98 Å². The molecular weight excluding hydrogens is 318 g/mol. The molecule has 0 amide bonds. The van der Waals surface area contributed by atoms with Gasteiger partial charge in [0.15, 0.2) is 5.52 Å². The lowest BCUT2D eigenvalue weighted by Gasteiger charge is -2.04. The Bertz CT molecular complexity index is 1210. The first-order valence-corrected chi connectivity index (χ1v) is 8.16. The van der Waals surface area contributed by atoms with E-state index >= 15 is 0 Å². The minimum atomic E-state index is 0.701. The molecule has 0 aliphatic rings. The van der Waals surface area contributed by atoms with E-state index < -0.39 is 0 Å². The minimum Gasteiger partial charge on any atom is -0.234 e. The molecule has 1 N–H and O–H groups in total. The van der Waals surface area contributed by atoms with Gasteiger partial charge in [-0.1, -0.05) is 69.7 Å². The summed E-state index contributed by atoms with van der Waals surface area (Å²) in [5.74, 6) is 0. The van der Waals surface area contributed by atoms with Crippen molar-refractivity contribution in [2.45, 2.75) is 0 Å². The number of imidazole rings is 1. The molecule has 0 spiro atoms. The van der Waals surface area contributed by atoms with Crippen LogP contribution in [0, 0.1) is 0 Å². The number of aromatic amines is 1. The molecule has 5 rings (SSSR count). The van der Waals surface area contributed by atoms with E-state index in [1.54, 1.807) is 0 Å². The highest BCUT2D eigenvalue weighted by Crippen LogP contribution is 2.29. The van der Waals surface area contributed by atoms with Gasteiger partial charge in [-0.15, -0.1) is 0 Å². The lowest BCUT2D eigenvalue weighted by atomic mass is 10.1. The molecule has 0 atom stereocenters. The Hall–Kier alpha value is -2.91. The van der Waals surface area contributed by atoms with Crippen LogP contribution in [0.5, 0.6) is 0 Å². The monoisotopic (exact) mass is 330 g/mol. The second-order valence-corrected chi connectivity index (χ2v) is 6.24. The van der Waals surface area contributed by atoms with Crippen molar-refractivity contribution < 1.29 is 4.98 Å². The number of hydrogen-bond acceptors (Lipinski definition) is 1. The molecule has 0 radical (unpaired) electrons. The Labute approximate surface area is 143 Å². The molecule has 0 fully saturated rings. The van der Waals surface area contributed by atoms with Gasteiger partial charge in [-0.05, 0) is 18.2 Å². The van der Waals surface area contributed by atoms with Gasteiger partial charge >= 0.3 is 5.65 Å². The van der Waals surface area contributed by atoms with Crippen molar-refractivity contribution in [1.29, 1.82) is 0 Å². The fraction of sp³-hybridized carbons (Fsp3) is 0. The van der Waals surface area contributed by atoms with Crippen molar-refractivity contribution >= 4 is 39.1 Å². The first-order chi connectivity index (χ1) is 11.8. The second-order valence-electron chi connectivity index (χ2n) is 5.81. The maximum atomic E-state index is 6.20. The third kappa shape index (κ3) is 1.92. The smallest absolute Gasteiger partial charge is 0.234 e. The summed E-state index contributed by atoms with van der Waals surface area (Å²) < 4.78 is 1.95. The van der Waals surface area contributed by atoms with Crippen LogP contribution in [0.3, 0.4) is 0 Å². The van der Waals surface area contributed by atoms with E-state index in [1.807, 2.05) is 47.0 Å². The summed E-state index contributed by atoms with van der Waals surface area (Å²) in [6.07, 6.45) is 0. The molecule has 0 aliphatic heterocycles. The van der Waals surface area contributed by atoms with Crippen LogP contribution in [0.2, 0.25) is 5.02 Å². The molecule has 0 saturated carbocycles. The highest BCUT2D eigenvalue weighted by atomic mass is 35.5. The third-order valence-corrected chi connectivity index (χ3v) is 4.57. The Balaban J connectivity index is 2.01. The second kappa shape index (κ2) is 5.05. The minimum absolute atomic E-state index is 0.701. The first kappa shape index (κ1) is 13.5. The third-order valence-electron chi connectivity index (χ3n) is 4.34. The van der Waals surface area contributed by atoms with Gasteiger partial charge in [0.25, 0.3) is 0 Å². The van der Waals surface area contributed by atoms with Crippen LogP contribution >= 0.6 is 11.6 Å². The molecule has 3 nitrogen and oxygen atoms in total. The largest absolute Gasteiger partial charge is 0.314 e. The van der Waals surface area contributed by atoms with Crippen LogP contribution in [0.25, 0.3) is 38.7 Å². The quantitative estimate of drug-likeness (QED) is 0.435. The maximum absolute atomic E-state index is 6.20. The van der Waals surface area contributed by atoms with E-state index in [0.29, 0.717) is 5.02 Å². The molecule has 0 aliphatic carbocycles. The van der Waals surface area contributed by atoms with Crippen molar-refractivity contribution in [2.75, 3.05) is 0 Å². The highest BCUT2D eigenvalue weighted by molar-refractivity contribution is 6.31. The molecule has 24 heavy (non-hydrogen) atoms. The van der Waals surface area contributed by atoms with E-state index in [4.69, 9.17) is 16.7 Å². The number of nitrogens with one attached hydrogen (secondary N) is 1. The van der Waals surface area contributed by atoms with E-state index in [-0.39, 0.29) is 0 Å². The summed E-state index contributed by atoms with van der Waals surface area (Å²) in [6, 6.07) is 24.4. The predicted octanol–water partition coefficient (Wildman–Crippen LogP) is 4.78. The molecule has 5 aromatic rings. The maximum Gasteiger partial charge on any atom is 0.314 e. The number of nitrogens with zero attached hydrogens (tertiary/aromatic N) is 2. The van der Waals surface area contributed by atoms with Gasteiger partial charge in [-0.25, -0.2) is 4.98 Å². The van der Waals surface area contributed by atoms with Crippen molar-refractivity contribution in [1.82, 2.24) is 9.61 Å². The zero-order valence-corrected chi connectivity index (χ0v) is 13.5. The topological polar surface area (TPSA) is 31.4 Å². The predicted molar refractivity (Wildman–Crippen MR) is 97.2 cm³/mol. The van der Waals surface area contributed by atoms with E-state index in [1.165, 1.54) is 0 Å². The molecule has 0 unspecified atom stereocenters. The fourth-order valence-electron chi connectivity index (χ4n) is 3.23. The van der Waals surface area contributed by atoms with Crippen molar-refractivity contribution in [3.63, 3.8) is 0 Å². The summed E-state index contributed by atoms with van der Waals surface area (Å²) in [5, 5.41) is 7.89. The summed E-state index contributed by atoms with van der Waals surface area (Å²) in [7, 11) is 0. The Morgan fingerprint density at radius 1 is 0.833 bits per heavy atom. The summed E-state index contributed by atoms with van der Waals surface area (Å²) in [4.78, 5) is 3.47. The molecule has 0 bridgehead atoms. The molecule has 3 aromatic carbocycles. The number of hydrogen-bond donors (Lipinski definition) is 0.